The van der Waals surface area contributed by atoms with Gasteiger partial charge in [-0.1, -0.05) is 11.6 Å². The standard InChI is InChI=1S/C10H11ClN2OS/c1-12-4-8(14)9-2-6-7(11)3-13-5-10(6)15-9/h2-3,5,8,12,14H,4H2,1H3. The molecule has 3 nitrogen and oxygen atoms in total. The lowest BCUT2D eigenvalue weighted by atomic mass is 10.2. The van der Waals surface area contributed by atoms with Crippen molar-refractivity contribution < 1.29 is 5.11 Å². The number of fused-ring (bicyclic) bond motifs is 1. The maximum Gasteiger partial charge on any atom is 0.101 e. The Bertz CT molecular complexity index is 471. The highest BCUT2D eigenvalue weighted by Crippen LogP contribution is 2.32. The van der Waals surface area contributed by atoms with Gasteiger partial charge in [-0.15, -0.1) is 11.3 Å². The molecule has 1 unspecified atom stereocenters. The second-order valence-corrected chi connectivity index (χ2v) is 4.78. The van der Waals surface area contributed by atoms with Gasteiger partial charge in [-0.2, -0.15) is 0 Å². The van der Waals surface area contributed by atoms with E-state index < -0.39 is 6.10 Å². The first-order chi connectivity index (χ1) is 7.22. The Morgan fingerprint density at radius 3 is 3.07 bits per heavy atom. The van der Waals surface area contributed by atoms with Gasteiger partial charge in [0.15, 0.2) is 0 Å². The lowest BCUT2D eigenvalue weighted by molar-refractivity contribution is 0.181. The number of thiophene rings is 1. The summed E-state index contributed by atoms with van der Waals surface area (Å²) in [5, 5.41) is 14.3. The fourth-order valence-corrected chi connectivity index (χ4v) is 2.72. The molecule has 0 fully saturated rings. The van der Waals surface area contributed by atoms with Gasteiger partial charge < -0.3 is 10.4 Å². The molecule has 0 spiro atoms. The van der Waals surface area contributed by atoms with Crippen molar-refractivity contribution in [3.63, 3.8) is 0 Å². The molecule has 0 radical (unpaired) electrons. The third kappa shape index (κ3) is 2.13. The second-order valence-electron chi connectivity index (χ2n) is 3.26. The monoisotopic (exact) mass is 242 g/mol. The van der Waals surface area contributed by atoms with Crippen LogP contribution in [-0.2, 0) is 0 Å². The molecule has 2 N–H and O–H groups in total. The first-order valence-electron chi connectivity index (χ1n) is 4.58. The van der Waals surface area contributed by atoms with Crippen LogP contribution in [0.4, 0.5) is 0 Å². The highest BCUT2D eigenvalue weighted by atomic mass is 35.5. The summed E-state index contributed by atoms with van der Waals surface area (Å²) in [6.07, 6.45) is 2.90. The van der Waals surface area contributed by atoms with Crippen LogP contribution in [0.3, 0.4) is 0 Å². The summed E-state index contributed by atoms with van der Waals surface area (Å²) in [7, 11) is 1.81. The molecule has 0 saturated carbocycles. The molecule has 0 amide bonds. The van der Waals surface area contributed by atoms with Crippen molar-refractivity contribution in [2.45, 2.75) is 6.10 Å². The van der Waals surface area contributed by atoms with E-state index in [1.54, 1.807) is 12.4 Å². The van der Waals surface area contributed by atoms with E-state index in [1.807, 2.05) is 13.1 Å². The van der Waals surface area contributed by atoms with Crippen molar-refractivity contribution in [3.8, 4) is 0 Å². The highest BCUT2D eigenvalue weighted by Gasteiger charge is 2.11. The summed E-state index contributed by atoms with van der Waals surface area (Å²) in [5.74, 6) is 0. The molecule has 2 aromatic rings. The van der Waals surface area contributed by atoms with Crippen LogP contribution in [0.5, 0.6) is 0 Å². The molecule has 0 bridgehead atoms. The van der Waals surface area contributed by atoms with Crippen LogP contribution < -0.4 is 5.32 Å². The number of halogens is 1. The molecule has 2 aromatic heterocycles. The van der Waals surface area contributed by atoms with E-state index in [1.165, 1.54) is 11.3 Å². The van der Waals surface area contributed by atoms with E-state index in [-0.39, 0.29) is 0 Å². The number of hydrogen-bond donors (Lipinski definition) is 2. The van der Waals surface area contributed by atoms with Gasteiger partial charge in [0.05, 0.1) is 9.72 Å². The van der Waals surface area contributed by atoms with Crippen molar-refractivity contribution in [2.75, 3.05) is 13.6 Å². The average Bonchev–Trinajstić information content (AvgIpc) is 2.63. The molecule has 1 atom stereocenters. The zero-order chi connectivity index (χ0) is 10.8. The predicted octanol–water partition coefficient (Wildman–Crippen LogP) is 2.20. The molecular weight excluding hydrogens is 232 g/mol. The Kier molecular flexibility index (Phi) is 3.21. The fourth-order valence-electron chi connectivity index (χ4n) is 1.41. The summed E-state index contributed by atoms with van der Waals surface area (Å²) in [5.41, 5.74) is 0. The lowest BCUT2D eigenvalue weighted by Gasteiger charge is -2.05. The van der Waals surface area contributed by atoms with Crippen LogP contribution in [0.25, 0.3) is 10.1 Å². The van der Waals surface area contributed by atoms with E-state index in [0.717, 1.165) is 15.0 Å². The molecule has 0 aliphatic rings. The topological polar surface area (TPSA) is 45.1 Å². The molecule has 2 rings (SSSR count). The lowest BCUT2D eigenvalue weighted by Crippen LogP contribution is -2.15. The number of hydrogen-bond acceptors (Lipinski definition) is 4. The third-order valence-electron chi connectivity index (χ3n) is 2.14. The Hall–Kier alpha value is -0.680. The van der Waals surface area contributed by atoms with Gasteiger partial charge in [0.1, 0.15) is 6.10 Å². The first-order valence-corrected chi connectivity index (χ1v) is 5.77. The minimum atomic E-state index is -0.483. The molecule has 0 saturated heterocycles. The van der Waals surface area contributed by atoms with Gasteiger partial charge in [0.2, 0.25) is 0 Å². The minimum Gasteiger partial charge on any atom is -0.386 e. The van der Waals surface area contributed by atoms with Crippen LogP contribution >= 0.6 is 22.9 Å². The molecule has 0 aliphatic carbocycles. The van der Waals surface area contributed by atoms with Crippen molar-refractivity contribution >= 4 is 33.0 Å². The van der Waals surface area contributed by atoms with Crippen molar-refractivity contribution in [3.05, 3.63) is 28.4 Å². The molecule has 5 heteroatoms. The van der Waals surface area contributed by atoms with Crippen LogP contribution in [0, 0.1) is 0 Å². The number of likely N-dealkylation sites (N-methyl/N-ethyl adjacent to an activating group) is 1. The third-order valence-corrected chi connectivity index (χ3v) is 3.61. The number of rotatable bonds is 3. The Morgan fingerprint density at radius 1 is 1.60 bits per heavy atom. The van der Waals surface area contributed by atoms with Gasteiger partial charge in [0, 0.05) is 29.2 Å². The summed E-state index contributed by atoms with van der Waals surface area (Å²) in [6.45, 7) is 0.540. The highest BCUT2D eigenvalue weighted by molar-refractivity contribution is 7.19. The van der Waals surface area contributed by atoms with Gasteiger partial charge in [-0.3, -0.25) is 4.98 Å². The number of pyridine rings is 1. The molecule has 2 heterocycles. The van der Waals surface area contributed by atoms with Crippen molar-refractivity contribution in [1.29, 1.82) is 0 Å². The minimum absolute atomic E-state index is 0.483. The van der Waals surface area contributed by atoms with Crippen LogP contribution in [-0.4, -0.2) is 23.7 Å². The van der Waals surface area contributed by atoms with E-state index in [4.69, 9.17) is 11.6 Å². The van der Waals surface area contributed by atoms with Crippen LogP contribution in [0.2, 0.25) is 5.02 Å². The number of nitrogens with one attached hydrogen (secondary N) is 1. The van der Waals surface area contributed by atoms with E-state index in [2.05, 4.69) is 10.3 Å². The largest absolute Gasteiger partial charge is 0.386 e. The predicted molar refractivity (Wildman–Crippen MR) is 63.5 cm³/mol. The Morgan fingerprint density at radius 2 is 2.40 bits per heavy atom. The second kappa shape index (κ2) is 4.45. The van der Waals surface area contributed by atoms with Crippen molar-refractivity contribution in [1.82, 2.24) is 10.3 Å². The van der Waals surface area contributed by atoms with Crippen LogP contribution in [0.15, 0.2) is 18.5 Å². The maximum absolute atomic E-state index is 9.80. The fraction of sp³-hybridized carbons (Fsp3) is 0.300. The SMILES string of the molecule is CNCC(O)c1cc2c(Cl)cncc2s1. The smallest absolute Gasteiger partial charge is 0.101 e. The number of aromatic nitrogens is 1. The molecular formula is C10H11ClN2OS. The first kappa shape index (κ1) is 10.8. The zero-order valence-corrected chi connectivity index (χ0v) is 9.77. The van der Waals surface area contributed by atoms with Gasteiger partial charge in [-0.05, 0) is 13.1 Å². The van der Waals surface area contributed by atoms with Gasteiger partial charge >= 0.3 is 0 Å². The van der Waals surface area contributed by atoms with E-state index >= 15 is 0 Å². The normalized spacial score (nSPS) is 13.3. The Labute approximate surface area is 96.7 Å². The summed E-state index contributed by atoms with van der Waals surface area (Å²) >= 11 is 7.52. The Balaban J connectivity index is 2.43. The molecule has 0 aromatic carbocycles. The maximum atomic E-state index is 9.80. The van der Waals surface area contributed by atoms with Gasteiger partial charge in [-0.25, -0.2) is 0 Å². The summed E-state index contributed by atoms with van der Waals surface area (Å²) in [6, 6.07) is 1.92. The quantitative estimate of drug-likeness (QED) is 0.868. The van der Waals surface area contributed by atoms with Crippen molar-refractivity contribution in [2.24, 2.45) is 0 Å². The summed E-state index contributed by atoms with van der Waals surface area (Å²) < 4.78 is 1.01. The van der Waals surface area contributed by atoms with Crippen LogP contribution in [0.1, 0.15) is 11.0 Å². The zero-order valence-electron chi connectivity index (χ0n) is 8.20. The van der Waals surface area contributed by atoms with E-state index in [9.17, 15) is 5.11 Å². The molecule has 0 aliphatic heterocycles. The average molecular weight is 243 g/mol. The number of nitrogens with zero attached hydrogens (tertiary/aromatic N) is 1. The summed E-state index contributed by atoms with van der Waals surface area (Å²) in [4.78, 5) is 4.92. The molecule has 80 valence electrons. The number of aliphatic hydroxyl groups is 1. The number of aliphatic hydroxyl groups excluding tert-OH is 1. The molecule has 15 heavy (non-hydrogen) atoms. The van der Waals surface area contributed by atoms with E-state index in [0.29, 0.717) is 11.6 Å². The van der Waals surface area contributed by atoms with Gasteiger partial charge in [0.25, 0.3) is 0 Å².